The van der Waals surface area contributed by atoms with Gasteiger partial charge in [-0.05, 0) is 32.8 Å². The van der Waals surface area contributed by atoms with Crippen molar-refractivity contribution in [2.45, 2.75) is 38.8 Å². The van der Waals surface area contributed by atoms with Gasteiger partial charge in [0.1, 0.15) is 5.15 Å². The summed E-state index contributed by atoms with van der Waals surface area (Å²) in [5.74, 6) is -0.237. The number of rotatable bonds is 6. The van der Waals surface area contributed by atoms with E-state index in [2.05, 4.69) is 25.8 Å². The number of nitrogens with zero attached hydrogens (tertiary/aromatic N) is 4. The smallest absolute Gasteiger partial charge is 0.404 e. The van der Waals surface area contributed by atoms with Crippen LogP contribution in [0, 0.1) is 0 Å². The number of nitrogens with one attached hydrogen (secondary N) is 2. The van der Waals surface area contributed by atoms with Crippen molar-refractivity contribution < 1.29 is 14.7 Å². The van der Waals surface area contributed by atoms with E-state index in [1.165, 1.54) is 11.3 Å². The molecule has 0 spiro atoms. The van der Waals surface area contributed by atoms with Gasteiger partial charge >= 0.3 is 6.09 Å². The van der Waals surface area contributed by atoms with Gasteiger partial charge in [-0.15, -0.1) is 10.2 Å². The van der Waals surface area contributed by atoms with Crippen molar-refractivity contribution >= 4 is 40.6 Å². The second-order valence-electron chi connectivity index (χ2n) is 6.74. The maximum atomic E-state index is 12.9. The number of pyridine rings is 1. The van der Waals surface area contributed by atoms with E-state index in [9.17, 15) is 9.59 Å². The molecule has 1 saturated heterocycles. The van der Waals surface area contributed by atoms with Gasteiger partial charge in [-0.1, -0.05) is 22.9 Å². The highest BCUT2D eigenvalue weighted by Crippen LogP contribution is 2.32. The summed E-state index contributed by atoms with van der Waals surface area (Å²) >= 11 is 7.19. The predicted octanol–water partition coefficient (Wildman–Crippen LogP) is 2.95. The molecular formula is C17H21ClN6O3S. The van der Waals surface area contributed by atoms with Crippen molar-refractivity contribution in [1.29, 1.82) is 0 Å². The fourth-order valence-electron chi connectivity index (χ4n) is 3.09. The average molecular weight is 425 g/mol. The van der Waals surface area contributed by atoms with Crippen LogP contribution in [-0.4, -0.2) is 62.4 Å². The van der Waals surface area contributed by atoms with Crippen LogP contribution >= 0.6 is 22.9 Å². The van der Waals surface area contributed by atoms with Crippen LogP contribution in [0.25, 0.3) is 10.6 Å². The maximum Gasteiger partial charge on any atom is 0.404 e. The summed E-state index contributed by atoms with van der Waals surface area (Å²) in [5, 5.41) is 23.9. The number of likely N-dealkylation sites (tertiary alicyclic amines) is 1. The zero-order chi connectivity index (χ0) is 20.3. The highest BCUT2D eigenvalue weighted by Gasteiger charge is 2.31. The topological polar surface area (TPSA) is 120 Å². The standard InChI is InChI=1S/C17H21ClN6O3S/c1-9(2)21-12-6-13(18)19-8-11(12)14-22-23-15(28-14)16(25)24-5-3-4-10(24)7-20-17(26)27/h6,8-10,20H,3-5,7H2,1-2H3,(H,19,21)(H,26,27)/t10-/m0/s1. The van der Waals surface area contributed by atoms with Crippen LogP contribution in [0.1, 0.15) is 36.5 Å². The lowest BCUT2D eigenvalue weighted by atomic mass is 10.2. The molecule has 2 amide bonds. The summed E-state index contributed by atoms with van der Waals surface area (Å²) in [6, 6.07) is 1.72. The molecule has 3 rings (SSSR count). The molecule has 1 aliphatic rings. The van der Waals surface area contributed by atoms with Gasteiger partial charge in [0.2, 0.25) is 5.01 Å². The first kappa shape index (κ1) is 20.3. The monoisotopic (exact) mass is 424 g/mol. The SMILES string of the molecule is CC(C)Nc1cc(Cl)ncc1-c1nnc(C(=O)N2CCC[C@H]2CNC(=O)O)s1. The molecule has 11 heteroatoms. The van der Waals surface area contributed by atoms with Crippen LogP contribution in [0.5, 0.6) is 0 Å². The van der Waals surface area contributed by atoms with Gasteiger partial charge in [-0.25, -0.2) is 9.78 Å². The molecule has 0 bridgehead atoms. The zero-order valence-corrected chi connectivity index (χ0v) is 17.0. The maximum absolute atomic E-state index is 12.9. The van der Waals surface area contributed by atoms with E-state index < -0.39 is 6.09 Å². The van der Waals surface area contributed by atoms with Crippen LogP contribution in [0.15, 0.2) is 12.3 Å². The molecule has 2 aromatic rings. The average Bonchev–Trinajstić information content (AvgIpc) is 3.28. The summed E-state index contributed by atoms with van der Waals surface area (Å²) < 4.78 is 0. The van der Waals surface area contributed by atoms with E-state index in [1.54, 1.807) is 17.2 Å². The molecule has 1 aliphatic heterocycles. The Morgan fingerprint density at radius 3 is 2.93 bits per heavy atom. The number of aromatic nitrogens is 3. The van der Waals surface area contributed by atoms with Crippen LogP contribution < -0.4 is 10.6 Å². The van der Waals surface area contributed by atoms with Crippen molar-refractivity contribution in [3.05, 3.63) is 22.4 Å². The Kier molecular flexibility index (Phi) is 6.30. The summed E-state index contributed by atoms with van der Waals surface area (Å²) in [7, 11) is 0. The summed E-state index contributed by atoms with van der Waals surface area (Å²) in [5.41, 5.74) is 1.50. The normalized spacial score (nSPS) is 16.4. The number of anilines is 1. The van der Waals surface area contributed by atoms with Gasteiger partial charge in [0.05, 0.1) is 5.56 Å². The third-order valence-corrected chi connectivity index (χ3v) is 5.43. The van der Waals surface area contributed by atoms with Gasteiger partial charge in [-0.2, -0.15) is 0 Å². The second-order valence-corrected chi connectivity index (χ2v) is 8.11. The van der Waals surface area contributed by atoms with Gasteiger partial charge in [0, 0.05) is 37.1 Å². The molecule has 28 heavy (non-hydrogen) atoms. The van der Waals surface area contributed by atoms with Crippen molar-refractivity contribution in [3.63, 3.8) is 0 Å². The number of carbonyl (C=O) groups excluding carboxylic acids is 1. The van der Waals surface area contributed by atoms with Crippen molar-refractivity contribution in [3.8, 4) is 10.6 Å². The molecule has 1 fully saturated rings. The summed E-state index contributed by atoms with van der Waals surface area (Å²) in [4.78, 5) is 29.4. The number of hydrogen-bond donors (Lipinski definition) is 3. The molecule has 1 atom stereocenters. The van der Waals surface area contributed by atoms with Crippen LogP contribution in [0.3, 0.4) is 0 Å². The van der Waals surface area contributed by atoms with Gasteiger partial charge < -0.3 is 20.6 Å². The fraction of sp³-hybridized carbons (Fsp3) is 0.471. The first-order valence-electron chi connectivity index (χ1n) is 8.89. The fourth-order valence-corrected chi connectivity index (χ4v) is 4.07. The van der Waals surface area contributed by atoms with E-state index in [0.717, 1.165) is 24.1 Å². The van der Waals surface area contributed by atoms with Crippen molar-refractivity contribution in [2.75, 3.05) is 18.4 Å². The summed E-state index contributed by atoms with van der Waals surface area (Å²) in [6.45, 7) is 4.79. The highest BCUT2D eigenvalue weighted by molar-refractivity contribution is 7.16. The Morgan fingerprint density at radius 2 is 2.21 bits per heavy atom. The van der Waals surface area contributed by atoms with Crippen molar-refractivity contribution in [1.82, 2.24) is 25.4 Å². The number of amides is 2. The third-order valence-electron chi connectivity index (χ3n) is 4.28. The third kappa shape index (κ3) is 4.68. The number of halogens is 1. The number of carbonyl (C=O) groups is 2. The number of carboxylic acid groups (broad SMARTS) is 1. The molecule has 0 radical (unpaired) electrons. The molecule has 0 aliphatic carbocycles. The van der Waals surface area contributed by atoms with Crippen LogP contribution in [-0.2, 0) is 0 Å². The van der Waals surface area contributed by atoms with Crippen LogP contribution in [0.4, 0.5) is 10.5 Å². The second kappa shape index (κ2) is 8.70. The van der Waals surface area contributed by atoms with E-state index in [0.29, 0.717) is 16.7 Å². The first-order valence-corrected chi connectivity index (χ1v) is 10.1. The number of hydrogen-bond acceptors (Lipinski definition) is 7. The van der Waals surface area contributed by atoms with E-state index in [1.807, 2.05) is 13.8 Å². The molecular weight excluding hydrogens is 404 g/mol. The molecule has 0 saturated carbocycles. The lowest BCUT2D eigenvalue weighted by Crippen LogP contribution is -2.42. The zero-order valence-electron chi connectivity index (χ0n) is 15.5. The minimum absolute atomic E-state index is 0.175. The van der Waals surface area contributed by atoms with Gasteiger partial charge in [0.15, 0.2) is 5.01 Å². The Morgan fingerprint density at radius 1 is 1.43 bits per heavy atom. The Balaban J connectivity index is 1.80. The summed E-state index contributed by atoms with van der Waals surface area (Å²) in [6.07, 6.45) is 2.09. The minimum Gasteiger partial charge on any atom is -0.465 e. The molecule has 0 unspecified atom stereocenters. The Labute approximate surface area is 171 Å². The van der Waals surface area contributed by atoms with Gasteiger partial charge in [0.25, 0.3) is 5.91 Å². The molecule has 150 valence electrons. The first-order chi connectivity index (χ1) is 13.3. The Hall–Kier alpha value is -2.46. The lowest BCUT2D eigenvalue weighted by Gasteiger charge is -2.23. The molecule has 0 aromatic carbocycles. The van der Waals surface area contributed by atoms with Crippen LogP contribution in [0.2, 0.25) is 5.15 Å². The van der Waals surface area contributed by atoms with Crippen molar-refractivity contribution in [2.24, 2.45) is 0 Å². The lowest BCUT2D eigenvalue weighted by molar-refractivity contribution is 0.0733. The van der Waals surface area contributed by atoms with E-state index >= 15 is 0 Å². The van der Waals surface area contributed by atoms with E-state index in [-0.39, 0.29) is 29.5 Å². The highest BCUT2D eigenvalue weighted by atomic mass is 35.5. The van der Waals surface area contributed by atoms with Gasteiger partial charge in [-0.3, -0.25) is 4.79 Å². The largest absolute Gasteiger partial charge is 0.465 e. The molecule has 9 nitrogen and oxygen atoms in total. The Bertz CT molecular complexity index is 874. The minimum atomic E-state index is -1.10. The molecule has 3 N–H and O–H groups in total. The predicted molar refractivity (Wildman–Crippen MR) is 107 cm³/mol. The van der Waals surface area contributed by atoms with E-state index in [4.69, 9.17) is 16.7 Å². The molecule has 3 heterocycles. The quantitative estimate of drug-likeness (QED) is 0.609. The molecule has 2 aromatic heterocycles.